The van der Waals surface area contributed by atoms with E-state index >= 15 is 0 Å². The Labute approximate surface area is 152 Å². The lowest BCUT2D eigenvalue weighted by atomic mass is 10.1. The molecule has 2 aromatic carbocycles. The van der Waals surface area contributed by atoms with E-state index in [2.05, 4.69) is 12.2 Å². The first-order valence-corrected chi connectivity index (χ1v) is 8.51. The molecule has 0 aromatic heterocycles. The third-order valence-electron chi connectivity index (χ3n) is 3.31. The summed E-state index contributed by atoms with van der Waals surface area (Å²) in [6, 6.07) is 12.2. The molecule has 0 saturated heterocycles. The molecule has 0 saturated carbocycles. The number of anilines is 1. The Morgan fingerprint density at radius 2 is 1.92 bits per heavy atom. The number of hydrogen-bond acceptors (Lipinski definition) is 3. The predicted octanol–water partition coefficient (Wildman–Crippen LogP) is 5.98. The fourth-order valence-corrected chi connectivity index (χ4v) is 2.42. The number of carbonyl (C=O) groups excluding carboxylic acids is 1. The Kier molecular flexibility index (Phi) is 7.16. The van der Waals surface area contributed by atoms with Crippen molar-refractivity contribution in [2.75, 3.05) is 11.9 Å². The van der Waals surface area contributed by atoms with Crippen molar-refractivity contribution in [2.45, 2.75) is 19.8 Å². The number of carbonyl (C=O) groups is 1. The average Bonchev–Trinajstić information content (AvgIpc) is 2.57. The first-order valence-electron chi connectivity index (χ1n) is 7.75. The minimum Gasteiger partial charge on any atom is -0.494 e. The van der Waals surface area contributed by atoms with Crippen LogP contribution in [0.1, 0.15) is 30.1 Å². The molecule has 0 unspecified atom stereocenters. The molecule has 2 rings (SSSR count). The first kappa shape index (κ1) is 18.4. The van der Waals surface area contributed by atoms with Gasteiger partial charge in [0, 0.05) is 22.9 Å². The van der Waals surface area contributed by atoms with E-state index in [4.69, 9.17) is 27.9 Å². The van der Waals surface area contributed by atoms with Gasteiger partial charge < -0.3 is 10.1 Å². The van der Waals surface area contributed by atoms with Crippen LogP contribution in [0.15, 0.2) is 54.7 Å². The molecule has 0 aliphatic carbocycles. The van der Waals surface area contributed by atoms with Crippen LogP contribution in [0, 0.1) is 0 Å². The quantitative estimate of drug-likeness (QED) is 0.356. The fraction of sp³-hybridized carbons (Fsp3) is 0.211. The molecule has 5 heteroatoms. The van der Waals surface area contributed by atoms with Gasteiger partial charge in [-0.25, -0.2) is 0 Å². The van der Waals surface area contributed by atoms with Crippen molar-refractivity contribution < 1.29 is 9.53 Å². The molecular weight excluding hydrogens is 345 g/mol. The SMILES string of the molecule is CCCCOc1ccc(C(=O)/C=C/Nc2ccc(Cl)cc2Cl)cc1. The number of hydrogen-bond donors (Lipinski definition) is 1. The summed E-state index contributed by atoms with van der Waals surface area (Å²) in [7, 11) is 0. The summed E-state index contributed by atoms with van der Waals surface area (Å²) in [6.45, 7) is 2.80. The van der Waals surface area contributed by atoms with Gasteiger partial charge in [-0.15, -0.1) is 0 Å². The highest BCUT2D eigenvalue weighted by Crippen LogP contribution is 2.25. The van der Waals surface area contributed by atoms with Gasteiger partial charge in [-0.3, -0.25) is 4.79 Å². The minimum atomic E-state index is -0.104. The summed E-state index contributed by atoms with van der Waals surface area (Å²) in [5.41, 5.74) is 1.28. The van der Waals surface area contributed by atoms with Gasteiger partial charge in [0.15, 0.2) is 5.78 Å². The largest absolute Gasteiger partial charge is 0.494 e. The second-order valence-electron chi connectivity index (χ2n) is 5.19. The molecule has 0 fully saturated rings. The van der Waals surface area contributed by atoms with Crippen molar-refractivity contribution in [3.63, 3.8) is 0 Å². The molecule has 0 amide bonds. The zero-order valence-electron chi connectivity index (χ0n) is 13.4. The Morgan fingerprint density at radius 3 is 2.58 bits per heavy atom. The number of halogens is 2. The average molecular weight is 364 g/mol. The van der Waals surface area contributed by atoms with Crippen LogP contribution in [-0.2, 0) is 0 Å². The van der Waals surface area contributed by atoms with Crippen LogP contribution in [0.5, 0.6) is 5.75 Å². The van der Waals surface area contributed by atoms with Gasteiger partial charge >= 0.3 is 0 Å². The van der Waals surface area contributed by atoms with Gasteiger partial charge in [-0.2, -0.15) is 0 Å². The second kappa shape index (κ2) is 9.36. The van der Waals surface area contributed by atoms with Gasteiger partial charge in [0.1, 0.15) is 5.75 Å². The molecule has 24 heavy (non-hydrogen) atoms. The monoisotopic (exact) mass is 363 g/mol. The summed E-state index contributed by atoms with van der Waals surface area (Å²) < 4.78 is 5.58. The Morgan fingerprint density at radius 1 is 1.17 bits per heavy atom. The van der Waals surface area contributed by atoms with Crippen molar-refractivity contribution in [2.24, 2.45) is 0 Å². The molecule has 0 heterocycles. The molecule has 1 N–H and O–H groups in total. The molecular formula is C19H19Cl2NO2. The minimum absolute atomic E-state index is 0.104. The van der Waals surface area contributed by atoms with Crippen molar-refractivity contribution in [1.82, 2.24) is 0 Å². The van der Waals surface area contributed by atoms with E-state index in [-0.39, 0.29) is 5.78 Å². The van der Waals surface area contributed by atoms with E-state index in [0.29, 0.717) is 27.9 Å². The topological polar surface area (TPSA) is 38.3 Å². The third-order valence-corrected chi connectivity index (χ3v) is 3.86. The van der Waals surface area contributed by atoms with Crippen LogP contribution >= 0.6 is 23.2 Å². The van der Waals surface area contributed by atoms with Crippen LogP contribution in [0.2, 0.25) is 10.0 Å². The lowest BCUT2D eigenvalue weighted by molar-refractivity contribution is 0.104. The summed E-state index contributed by atoms with van der Waals surface area (Å²) in [5, 5.41) is 4.03. The van der Waals surface area contributed by atoms with E-state index in [1.54, 1.807) is 48.7 Å². The molecule has 0 atom stereocenters. The molecule has 126 valence electrons. The number of allylic oxidation sites excluding steroid dienone is 1. The molecule has 2 aromatic rings. The summed E-state index contributed by atoms with van der Waals surface area (Å²) in [5.74, 6) is 0.669. The maximum atomic E-state index is 12.1. The standard InChI is InChI=1S/C19H19Cl2NO2/c1-2-3-12-24-16-7-4-14(5-8-16)19(23)10-11-22-18-9-6-15(20)13-17(18)21/h4-11,13,22H,2-3,12H2,1H3/b11-10+. The van der Waals surface area contributed by atoms with Gasteiger partial charge in [0.2, 0.25) is 0 Å². The smallest absolute Gasteiger partial charge is 0.187 e. The van der Waals surface area contributed by atoms with Gasteiger partial charge in [-0.1, -0.05) is 36.5 Å². The van der Waals surface area contributed by atoms with Crippen LogP contribution < -0.4 is 10.1 Å². The van der Waals surface area contributed by atoms with Crippen molar-refractivity contribution in [1.29, 1.82) is 0 Å². The van der Waals surface area contributed by atoms with Crippen LogP contribution in [0.25, 0.3) is 0 Å². The van der Waals surface area contributed by atoms with E-state index < -0.39 is 0 Å². The number of benzene rings is 2. The number of nitrogens with one attached hydrogen (secondary N) is 1. The number of unbranched alkanes of at least 4 members (excludes halogenated alkanes) is 1. The number of ketones is 1. The summed E-state index contributed by atoms with van der Waals surface area (Å²) in [6.07, 6.45) is 5.12. The van der Waals surface area contributed by atoms with E-state index in [0.717, 1.165) is 18.6 Å². The van der Waals surface area contributed by atoms with E-state index in [9.17, 15) is 4.79 Å². The fourth-order valence-electron chi connectivity index (χ4n) is 1.96. The highest BCUT2D eigenvalue weighted by Gasteiger charge is 2.03. The van der Waals surface area contributed by atoms with Gasteiger partial charge in [0.05, 0.1) is 17.3 Å². The Balaban J connectivity index is 1.91. The number of ether oxygens (including phenoxy) is 1. The maximum Gasteiger partial charge on any atom is 0.187 e. The van der Waals surface area contributed by atoms with Crippen molar-refractivity contribution >= 4 is 34.7 Å². The Hall–Kier alpha value is -1.97. The highest BCUT2D eigenvalue weighted by molar-refractivity contribution is 6.36. The van der Waals surface area contributed by atoms with Crippen LogP contribution in [0.4, 0.5) is 5.69 Å². The lowest BCUT2D eigenvalue weighted by Crippen LogP contribution is -1.99. The molecule has 0 bridgehead atoms. The zero-order valence-corrected chi connectivity index (χ0v) is 14.9. The van der Waals surface area contributed by atoms with Crippen molar-refractivity contribution in [3.8, 4) is 5.75 Å². The number of rotatable bonds is 8. The lowest BCUT2D eigenvalue weighted by Gasteiger charge is -2.05. The highest BCUT2D eigenvalue weighted by atomic mass is 35.5. The second-order valence-corrected chi connectivity index (χ2v) is 6.04. The zero-order chi connectivity index (χ0) is 17.4. The van der Waals surface area contributed by atoms with Crippen molar-refractivity contribution in [3.05, 3.63) is 70.3 Å². The summed E-state index contributed by atoms with van der Waals surface area (Å²) >= 11 is 11.9. The third kappa shape index (κ3) is 5.59. The molecule has 0 spiro atoms. The molecule has 3 nitrogen and oxygen atoms in total. The van der Waals surface area contributed by atoms with E-state index in [1.165, 1.54) is 6.08 Å². The molecule has 0 aliphatic rings. The summed E-state index contributed by atoms with van der Waals surface area (Å²) in [4.78, 5) is 12.1. The molecule has 0 aliphatic heterocycles. The van der Waals surface area contributed by atoms with Crippen LogP contribution in [0.3, 0.4) is 0 Å². The van der Waals surface area contributed by atoms with Gasteiger partial charge in [-0.05, 0) is 48.9 Å². The van der Waals surface area contributed by atoms with Gasteiger partial charge in [0.25, 0.3) is 0 Å². The molecule has 0 radical (unpaired) electrons. The Bertz CT molecular complexity index is 712. The maximum absolute atomic E-state index is 12.1. The normalized spacial score (nSPS) is 10.8. The predicted molar refractivity (Wildman–Crippen MR) is 100 cm³/mol. The van der Waals surface area contributed by atoms with Crippen LogP contribution in [-0.4, -0.2) is 12.4 Å². The van der Waals surface area contributed by atoms with E-state index in [1.807, 2.05) is 0 Å². The first-order chi connectivity index (χ1) is 11.6.